The van der Waals surface area contributed by atoms with E-state index >= 15 is 0 Å². The quantitative estimate of drug-likeness (QED) is 0.898. The van der Waals surface area contributed by atoms with Crippen LogP contribution in [-0.2, 0) is 13.1 Å². The molecule has 2 aromatic carbocycles. The second kappa shape index (κ2) is 7.32. The Morgan fingerprint density at radius 2 is 2.12 bits per heavy atom. The second-order valence-corrected chi connectivity index (χ2v) is 6.52. The summed E-state index contributed by atoms with van der Waals surface area (Å²) in [6.45, 7) is 6.83. The fourth-order valence-corrected chi connectivity index (χ4v) is 3.21. The SMILES string of the molecule is CCOc1cc(CN2Cc3cc(Cl)ccc3OC(C)C2)ccc1O. The first-order valence-electron chi connectivity index (χ1n) is 8.17. The molecular weight excluding hydrogens is 326 g/mol. The molecule has 1 atom stereocenters. The lowest BCUT2D eigenvalue weighted by molar-refractivity contribution is 0.156. The molecule has 1 unspecified atom stereocenters. The number of fused-ring (bicyclic) bond motifs is 1. The minimum atomic E-state index is 0.0934. The van der Waals surface area contributed by atoms with Crippen molar-refractivity contribution in [3.05, 3.63) is 52.5 Å². The Kier molecular flexibility index (Phi) is 5.17. The molecule has 0 spiro atoms. The highest BCUT2D eigenvalue weighted by molar-refractivity contribution is 6.30. The van der Waals surface area contributed by atoms with Crippen LogP contribution in [0.25, 0.3) is 0 Å². The predicted molar refractivity (Wildman–Crippen MR) is 94.9 cm³/mol. The van der Waals surface area contributed by atoms with Crippen molar-refractivity contribution in [3.8, 4) is 17.2 Å². The number of ether oxygens (including phenoxy) is 2. The van der Waals surface area contributed by atoms with Gasteiger partial charge in [-0.05, 0) is 49.7 Å². The van der Waals surface area contributed by atoms with Crippen molar-refractivity contribution in [2.45, 2.75) is 33.0 Å². The molecule has 2 aromatic rings. The Hall–Kier alpha value is -1.91. The van der Waals surface area contributed by atoms with Crippen LogP contribution < -0.4 is 9.47 Å². The second-order valence-electron chi connectivity index (χ2n) is 6.09. The van der Waals surface area contributed by atoms with Gasteiger partial charge in [0.15, 0.2) is 11.5 Å². The number of nitrogens with zero attached hydrogens (tertiary/aromatic N) is 1. The summed E-state index contributed by atoms with van der Waals surface area (Å²) in [5, 5.41) is 10.6. The molecule has 24 heavy (non-hydrogen) atoms. The van der Waals surface area contributed by atoms with Crippen molar-refractivity contribution in [2.24, 2.45) is 0 Å². The summed E-state index contributed by atoms with van der Waals surface area (Å²) in [6.07, 6.45) is 0.0934. The summed E-state index contributed by atoms with van der Waals surface area (Å²) < 4.78 is 11.5. The first-order chi connectivity index (χ1) is 11.5. The monoisotopic (exact) mass is 347 g/mol. The van der Waals surface area contributed by atoms with Gasteiger partial charge < -0.3 is 14.6 Å². The van der Waals surface area contributed by atoms with Gasteiger partial charge >= 0.3 is 0 Å². The minimum absolute atomic E-state index is 0.0934. The van der Waals surface area contributed by atoms with Crippen molar-refractivity contribution in [1.82, 2.24) is 4.90 Å². The average Bonchev–Trinajstić information content (AvgIpc) is 2.68. The standard InChI is InChI=1S/C19H22ClNO3/c1-3-23-19-8-14(4-6-17(19)22)11-21-10-13(2)24-18-7-5-16(20)9-15(18)12-21/h4-9,13,22H,3,10-12H2,1-2H3. The smallest absolute Gasteiger partial charge is 0.161 e. The summed E-state index contributed by atoms with van der Waals surface area (Å²) in [6, 6.07) is 11.3. The molecule has 1 N–H and O–H groups in total. The van der Waals surface area contributed by atoms with E-state index in [4.69, 9.17) is 21.1 Å². The summed E-state index contributed by atoms with van der Waals surface area (Å²) in [4.78, 5) is 2.31. The van der Waals surface area contributed by atoms with Gasteiger partial charge in [-0.1, -0.05) is 17.7 Å². The van der Waals surface area contributed by atoms with Crippen molar-refractivity contribution in [2.75, 3.05) is 13.2 Å². The van der Waals surface area contributed by atoms with Crippen LogP contribution in [0.2, 0.25) is 5.02 Å². The largest absolute Gasteiger partial charge is 0.504 e. The highest BCUT2D eigenvalue weighted by Crippen LogP contribution is 2.30. The third-order valence-electron chi connectivity index (χ3n) is 3.99. The number of hydrogen-bond acceptors (Lipinski definition) is 4. The summed E-state index contributed by atoms with van der Waals surface area (Å²) >= 11 is 6.13. The molecule has 0 amide bonds. The number of halogens is 1. The maximum atomic E-state index is 9.85. The molecule has 1 aliphatic rings. The summed E-state index contributed by atoms with van der Waals surface area (Å²) in [7, 11) is 0. The first kappa shape index (κ1) is 16.9. The van der Waals surface area contributed by atoms with Crippen molar-refractivity contribution >= 4 is 11.6 Å². The topological polar surface area (TPSA) is 41.9 Å². The normalized spacial score (nSPS) is 17.7. The van der Waals surface area contributed by atoms with Crippen LogP contribution in [0, 0.1) is 0 Å². The molecule has 4 nitrogen and oxygen atoms in total. The van der Waals surface area contributed by atoms with Gasteiger partial charge in [0.1, 0.15) is 11.9 Å². The fraction of sp³-hybridized carbons (Fsp3) is 0.368. The zero-order valence-electron chi connectivity index (χ0n) is 14.0. The molecule has 0 bridgehead atoms. The summed E-state index contributed by atoms with van der Waals surface area (Å²) in [5.74, 6) is 1.60. The van der Waals surface area contributed by atoms with Crippen molar-refractivity contribution in [1.29, 1.82) is 0 Å². The summed E-state index contributed by atoms with van der Waals surface area (Å²) in [5.41, 5.74) is 2.18. The van der Waals surface area contributed by atoms with E-state index in [2.05, 4.69) is 11.8 Å². The first-order valence-corrected chi connectivity index (χ1v) is 8.55. The van der Waals surface area contributed by atoms with Gasteiger partial charge in [-0.2, -0.15) is 0 Å². The van der Waals surface area contributed by atoms with Gasteiger partial charge in [0.2, 0.25) is 0 Å². The Balaban J connectivity index is 1.80. The van der Waals surface area contributed by atoms with Crippen LogP contribution in [0.4, 0.5) is 0 Å². The zero-order valence-corrected chi connectivity index (χ0v) is 14.7. The van der Waals surface area contributed by atoms with E-state index in [0.717, 1.165) is 41.5 Å². The average molecular weight is 348 g/mol. The molecule has 0 aromatic heterocycles. The van der Waals surface area contributed by atoms with Gasteiger partial charge in [-0.3, -0.25) is 4.90 Å². The molecule has 0 saturated carbocycles. The van der Waals surface area contributed by atoms with Crippen LogP contribution in [-0.4, -0.2) is 29.3 Å². The van der Waals surface area contributed by atoms with Crippen LogP contribution in [0.15, 0.2) is 36.4 Å². The fourth-order valence-electron chi connectivity index (χ4n) is 3.02. The Morgan fingerprint density at radius 3 is 2.92 bits per heavy atom. The number of hydrogen-bond donors (Lipinski definition) is 1. The maximum absolute atomic E-state index is 9.85. The van der Waals surface area contributed by atoms with E-state index in [9.17, 15) is 5.11 Å². The van der Waals surface area contributed by atoms with E-state index in [-0.39, 0.29) is 11.9 Å². The third-order valence-corrected chi connectivity index (χ3v) is 4.23. The number of phenols is 1. The molecule has 0 saturated heterocycles. The van der Waals surface area contributed by atoms with E-state index in [0.29, 0.717) is 12.4 Å². The van der Waals surface area contributed by atoms with E-state index in [1.807, 2.05) is 37.3 Å². The van der Waals surface area contributed by atoms with E-state index in [1.165, 1.54) is 0 Å². The third kappa shape index (κ3) is 3.94. The Labute approximate surface area is 147 Å². The van der Waals surface area contributed by atoms with Gasteiger partial charge in [-0.25, -0.2) is 0 Å². The van der Waals surface area contributed by atoms with Crippen molar-refractivity contribution in [3.63, 3.8) is 0 Å². The van der Waals surface area contributed by atoms with Crippen LogP contribution >= 0.6 is 11.6 Å². The lowest BCUT2D eigenvalue weighted by atomic mass is 10.1. The molecule has 0 fully saturated rings. The number of phenolic OH excluding ortho intramolecular Hbond substituents is 1. The Bertz CT molecular complexity index is 720. The molecule has 0 aliphatic carbocycles. The van der Waals surface area contributed by atoms with Gasteiger partial charge in [-0.15, -0.1) is 0 Å². The highest BCUT2D eigenvalue weighted by Gasteiger charge is 2.20. The molecule has 5 heteroatoms. The van der Waals surface area contributed by atoms with Crippen molar-refractivity contribution < 1.29 is 14.6 Å². The lowest BCUT2D eigenvalue weighted by Crippen LogP contribution is -2.30. The minimum Gasteiger partial charge on any atom is -0.504 e. The zero-order chi connectivity index (χ0) is 17.1. The predicted octanol–water partition coefficient (Wildman–Crippen LogP) is 4.23. The van der Waals surface area contributed by atoms with Gasteiger partial charge in [0, 0.05) is 30.2 Å². The highest BCUT2D eigenvalue weighted by atomic mass is 35.5. The van der Waals surface area contributed by atoms with Crippen LogP contribution in [0.5, 0.6) is 17.2 Å². The van der Waals surface area contributed by atoms with Crippen LogP contribution in [0.1, 0.15) is 25.0 Å². The molecule has 0 radical (unpaired) electrons. The molecule has 1 heterocycles. The van der Waals surface area contributed by atoms with E-state index in [1.54, 1.807) is 6.07 Å². The van der Waals surface area contributed by atoms with Gasteiger partial charge in [0.05, 0.1) is 6.61 Å². The molecule has 3 rings (SSSR count). The molecule has 1 aliphatic heterocycles. The lowest BCUT2D eigenvalue weighted by Gasteiger charge is -2.22. The van der Waals surface area contributed by atoms with E-state index < -0.39 is 0 Å². The van der Waals surface area contributed by atoms with Gasteiger partial charge in [0.25, 0.3) is 0 Å². The number of benzene rings is 2. The number of aromatic hydroxyl groups is 1. The molecule has 128 valence electrons. The van der Waals surface area contributed by atoms with Crippen LogP contribution in [0.3, 0.4) is 0 Å². The maximum Gasteiger partial charge on any atom is 0.161 e. The Morgan fingerprint density at radius 1 is 1.29 bits per heavy atom. The number of rotatable bonds is 4. The molecular formula is C19H22ClNO3.